The van der Waals surface area contributed by atoms with Gasteiger partial charge in [-0.15, -0.1) is 0 Å². The first kappa shape index (κ1) is 11.5. The van der Waals surface area contributed by atoms with Crippen LogP contribution in [0.3, 0.4) is 0 Å². The molecule has 0 unspecified atom stereocenters. The van der Waals surface area contributed by atoms with Gasteiger partial charge in [-0.25, -0.2) is 0 Å². The number of rotatable bonds is 5. The molecule has 0 aliphatic carbocycles. The summed E-state index contributed by atoms with van der Waals surface area (Å²) in [5.41, 5.74) is 1.33. The highest BCUT2D eigenvalue weighted by atomic mass is 32.1. The van der Waals surface area contributed by atoms with Crippen LogP contribution in [0, 0.1) is 0 Å². The second-order valence-corrected chi connectivity index (χ2v) is 4.21. The molecule has 0 amide bonds. The van der Waals surface area contributed by atoms with Gasteiger partial charge in [0, 0.05) is 5.75 Å². The Kier molecular flexibility index (Phi) is 4.25. The zero-order valence-electron chi connectivity index (χ0n) is 9.23. The van der Waals surface area contributed by atoms with Crippen LogP contribution < -0.4 is 0 Å². The van der Waals surface area contributed by atoms with Crippen LogP contribution in [0.4, 0.5) is 0 Å². The summed E-state index contributed by atoms with van der Waals surface area (Å²) in [5, 5.41) is 2.59. The molecule has 0 fully saturated rings. The van der Waals surface area contributed by atoms with Gasteiger partial charge in [-0.3, -0.25) is 0 Å². The maximum Gasteiger partial charge on any atom is 0.0554 e. The van der Waals surface area contributed by atoms with Gasteiger partial charge in [0.05, 0.1) is 13.2 Å². The maximum absolute atomic E-state index is 5.42. The molecule has 0 saturated heterocycles. The highest BCUT2D eigenvalue weighted by Gasteiger charge is 1.96. The van der Waals surface area contributed by atoms with E-state index in [-0.39, 0.29) is 0 Å². The van der Waals surface area contributed by atoms with E-state index in [9.17, 15) is 0 Å². The number of benzene rings is 2. The van der Waals surface area contributed by atoms with Crippen molar-refractivity contribution < 1.29 is 4.74 Å². The Balaban J connectivity index is 2.02. The minimum Gasteiger partial charge on any atom is -0.380 e. The van der Waals surface area contributed by atoms with Crippen molar-refractivity contribution in [2.75, 3.05) is 19.0 Å². The third-order valence-corrected chi connectivity index (χ3v) is 2.77. The van der Waals surface area contributed by atoms with E-state index in [1.807, 2.05) is 0 Å². The average molecular weight is 232 g/mol. The Hall–Kier alpha value is -0.990. The third kappa shape index (κ3) is 3.00. The SMILES string of the molecule is SCCOCCc1ccc2ccccc2c1. The second-order valence-electron chi connectivity index (χ2n) is 3.77. The summed E-state index contributed by atoms with van der Waals surface area (Å²) in [6.45, 7) is 1.51. The lowest BCUT2D eigenvalue weighted by Gasteiger charge is -2.04. The lowest BCUT2D eigenvalue weighted by molar-refractivity contribution is 0.153. The molecule has 16 heavy (non-hydrogen) atoms. The van der Waals surface area contributed by atoms with Crippen molar-refractivity contribution in [3.05, 3.63) is 48.0 Å². The lowest BCUT2D eigenvalue weighted by Crippen LogP contribution is -2.00. The van der Waals surface area contributed by atoms with Crippen LogP contribution in [0.25, 0.3) is 10.8 Å². The highest BCUT2D eigenvalue weighted by Crippen LogP contribution is 2.15. The van der Waals surface area contributed by atoms with Gasteiger partial charge in [-0.1, -0.05) is 42.5 Å². The van der Waals surface area contributed by atoms with Crippen molar-refractivity contribution in [2.24, 2.45) is 0 Å². The maximum atomic E-state index is 5.42. The predicted molar refractivity (Wildman–Crippen MR) is 72.3 cm³/mol. The Bertz CT molecular complexity index is 453. The lowest BCUT2D eigenvalue weighted by atomic mass is 10.1. The summed E-state index contributed by atoms with van der Waals surface area (Å²) in [5.74, 6) is 0.789. The molecule has 2 heteroatoms. The van der Waals surface area contributed by atoms with Crippen LogP contribution in [-0.2, 0) is 11.2 Å². The number of hydrogen-bond acceptors (Lipinski definition) is 2. The molecule has 0 aliphatic rings. The van der Waals surface area contributed by atoms with Crippen molar-refractivity contribution in [1.82, 2.24) is 0 Å². The normalized spacial score (nSPS) is 10.8. The fourth-order valence-corrected chi connectivity index (χ4v) is 1.88. The molecular weight excluding hydrogens is 216 g/mol. The van der Waals surface area contributed by atoms with Crippen molar-refractivity contribution in [2.45, 2.75) is 6.42 Å². The Morgan fingerprint density at radius 1 is 0.938 bits per heavy atom. The topological polar surface area (TPSA) is 9.23 Å². The molecule has 84 valence electrons. The number of fused-ring (bicyclic) bond motifs is 1. The summed E-state index contributed by atoms with van der Waals surface area (Å²) >= 11 is 4.10. The smallest absolute Gasteiger partial charge is 0.0554 e. The molecule has 0 atom stereocenters. The first-order valence-electron chi connectivity index (χ1n) is 5.56. The van der Waals surface area contributed by atoms with E-state index in [2.05, 4.69) is 55.1 Å². The molecule has 0 spiro atoms. The summed E-state index contributed by atoms with van der Waals surface area (Å²) in [6, 6.07) is 15.0. The number of ether oxygens (including phenoxy) is 1. The first-order chi connectivity index (χ1) is 7.90. The molecule has 0 saturated carbocycles. The van der Waals surface area contributed by atoms with Crippen LogP contribution in [-0.4, -0.2) is 19.0 Å². The highest BCUT2D eigenvalue weighted by molar-refractivity contribution is 7.80. The van der Waals surface area contributed by atoms with E-state index < -0.39 is 0 Å². The standard InChI is InChI=1S/C14H16OS/c16-10-9-15-8-7-12-5-6-13-3-1-2-4-14(13)11-12/h1-6,11,16H,7-10H2. The van der Waals surface area contributed by atoms with Crippen molar-refractivity contribution >= 4 is 23.4 Å². The van der Waals surface area contributed by atoms with Gasteiger partial charge in [0.25, 0.3) is 0 Å². The summed E-state index contributed by atoms with van der Waals surface area (Å²) in [6.07, 6.45) is 0.971. The average Bonchev–Trinajstić information content (AvgIpc) is 2.34. The predicted octanol–water partition coefficient (Wildman–Crippen LogP) is 3.33. The summed E-state index contributed by atoms with van der Waals surface area (Å²) < 4.78 is 5.42. The van der Waals surface area contributed by atoms with Gasteiger partial charge in [0.15, 0.2) is 0 Å². The van der Waals surface area contributed by atoms with Gasteiger partial charge in [0.1, 0.15) is 0 Å². The largest absolute Gasteiger partial charge is 0.380 e. The molecule has 2 aromatic carbocycles. The van der Waals surface area contributed by atoms with E-state index in [1.165, 1.54) is 16.3 Å². The van der Waals surface area contributed by atoms with E-state index in [1.54, 1.807) is 0 Å². The molecule has 2 aromatic rings. The minimum absolute atomic E-state index is 0.733. The quantitative estimate of drug-likeness (QED) is 0.614. The Labute approximate surface area is 102 Å². The summed E-state index contributed by atoms with van der Waals surface area (Å²) in [4.78, 5) is 0. The number of hydrogen-bond donors (Lipinski definition) is 1. The van der Waals surface area contributed by atoms with Gasteiger partial charge in [-0.2, -0.15) is 12.6 Å². The van der Waals surface area contributed by atoms with Gasteiger partial charge < -0.3 is 4.74 Å². The van der Waals surface area contributed by atoms with Crippen LogP contribution in [0.15, 0.2) is 42.5 Å². The van der Waals surface area contributed by atoms with E-state index >= 15 is 0 Å². The first-order valence-corrected chi connectivity index (χ1v) is 6.19. The Morgan fingerprint density at radius 3 is 2.56 bits per heavy atom. The zero-order valence-corrected chi connectivity index (χ0v) is 10.1. The van der Waals surface area contributed by atoms with E-state index in [0.717, 1.165) is 25.4 Å². The van der Waals surface area contributed by atoms with Crippen LogP contribution in [0.5, 0.6) is 0 Å². The molecule has 0 N–H and O–H groups in total. The van der Waals surface area contributed by atoms with Crippen molar-refractivity contribution in [1.29, 1.82) is 0 Å². The monoisotopic (exact) mass is 232 g/mol. The molecule has 2 rings (SSSR count). The van der Waals surface area contributed by atoms with Crippen molar-refractivity contribution in [3.8, 4) is 0 Å². The molecule has 0 radical (unpaired) electrons. The van der Waals surface area contributed by atoms with E-state index in [0.29, 0.717) is 0 Å². The van der Waals surface area contributed by atoms with Gasteiger partial charge in [0.2, 0.25) is 0 Å². The minimum atomic E-state index is 0.733. The molecule has 0 heterocycles. The van der Waals surface area contributed by atoms with Crippen LogP contribution in [0.2, 0.25) is 0 Å². The zero-order chi connectivity index (χ0) is 11.2. The third-order valence-electron chi connectivity index (χ3n) is 2.58. The van der Waals surface area contributed by atoms with Gasteiger partial charge in [-0.05, 0) is 22.8 Å². The van der Waals surface area contributed by atoms with Crippen LogP contribution in [0.1, 0.15) is 5.56 Å². The fourth-order valence-electron chi connectivity index (χ4n) is 1.75. The number of thiol groups is 1. The van der Waals surface area contributed by atoms with Crippen LogP contribution >= 0.6 is 12.6 Å². The molecule has 0 aliphatic heterocycles. The molecule has 1 nitrogen and oxygen atoms in total. The second kappa shape index (κ2) is 5.92. The molecule has 0 bridgehead atoms. The molecule has 0 aromatic heterocycles. The van der Waals surface area contributed by atoms with Gasteiger partial charge >= 0.3 is 0 Å². The summed E-state index contributed by atoms with van der Waals surface area (Å²) in [7, 11) is 0. The molecular formula is C14H16OS. The Morgan fingerprint density at radius 2 is 1.75 bits per heavy atom. The van der Waals surface area contributed by atoms with E-state index in [4.69, 9.17) is 4.74 Å². The fraction of sp³-hybridized carbons (Fsp3) is 0.286. The van der Waals surface area contributed by atoms with Crippen molar-refractivity contribution in [3.63, 3.8) is 0 Å².